The van der Waals surface area contributed by atoms with E-state index in [1.165, 1.54) is 30.6 Å². The van der Waals surface area contributed by atoms with Gasteiger partial charge in [0.1, 0.15) is 0 Å². The van der Waals surface area contributed by atoms with E-state index in [1.807, 2.05) is 11.8 Å². The van der Waals surface area contributed by atoms with Gasteiger partial charge in [-0.05, 0) is 49.7 Å². The van der Waals surface area contributed by atoms with Crippen LogP contribution in [-0.4, -0.2) is 10.6 Å². The van der Waals surface area contributed by atoms with E-state index in [4.69, 9.17) is 11.6 Å². The summed E-state index contributed by atoms with van der Waals surface area (Å²) in [5.41, 5.74) is 0. The van der Waals surface area contributed by atoms with Gasteiger partial charge in [0.15, 0.2) is 0 Å². The molecule has 3 saturated carbocycles. The fourth-order valence-electron chi connectivity index (χ4n) is 3.14. The number of fused-ring (bicyclic) bond motifs is 3. The smallest absolute Gasteiger partial charge is 0.0489 e. The van der Waals surface area contributed by atoms with Crippen molar-refractivity contribution < 1.29 is 0 Å². The summed E-state index contributed by atoms with van der Waals surface area (Å²) in [5.74, 6) is 1.64. The monoisotopic (exact) mass is 252 g/mol. The topological polar surface area (TPSA) is 0 Å². The molecule has 2 atom stereocenters. The Morgan fingerprint density at radius 2 is 1.56 bits per heavy atom. The number of rotatable bonds is 2. The first-order chi connectivity index (χ1) is 7.84. The van der Waals surface area contributed by atoms with Crippen molar-refractivity contribution in [3.05, 3.63) is 30.3 Å². The van der Waals surface area contributed by atoms with E-state index < -0.39 is 0 Å². The Morgan fingerprint density at radius 3 is 2.19 bits per heavy atom. The van der Waals surface area contributed by atoms with E-state index >= 15 is 0 Å². The molecule has 1 aromatic carbocycles. The Labute approximate surface area is 107 Å². The van der Waals surface area contributed by atoms with E-state index in [0.29, 0.717) is 10.6 Å². The van der Waals surface area contributed by atoms with Crippen LogP contribution in [0.2, 0.25) is 0 Å². The van der Waals surface area contributed by atoms with Crippen LogP contribution in [0.25, 0.3) is 0 Å². The summed E-state index contributed by atoms with van der Waals surface area (Å²) < 4.78 is 0. The molecule has 0 saturated heterocycles. The molecule has 2 bridgehead atoms. The zero-order chi connectivity index (χ0) is 11.0. The molecule has 1 aromatic rings. The molecular formula is C14H17ClS. The van der Waals surface area contributed by atoms with Crippen molar-refractivity contribution in [3.63, 3.8) is 0 Å². The fourth-order valence-corrected chi connectivity index (χ4v) is 5.20. The quantitative estimate of drug-likeness (QED) is 0.695. The zero-order valence-electron chi connectivity index (χ0n) is 9.31. The van der Waals surface area contributed by atoms with E-state index in [-0.39, 0.29) is 0 Å². The molecule has 3 aliphatic carbocycles. The highest BCUT2D eigenvalue weighted by Crippen LogP contribution is 2.50. The average Bonchev–Trinajstić information content (AvgIpc) is 2.36. The molecule has 3 fully saturated rings. The predicted molar refractivity (Wildman–Crippen MR) is 71.2 cm³/mol. The molecule has 0 radical (unpaired) electrons. The maximum Gasteiger partial charge on any atom is 0.0489 e. The van der Waals surface area contributed by atoms with Crippen molar-refractivity contribution in [2.45, 2.75) is 41.2 Å². The molecule has 0 aliphatic heterocycles. The van der Waals surface area contributed by atoms with Crippen molar-refractivity contribution in [2.75, 3.05) is 0 Å². The van der Waals surface area contributed by atoms with Crippen LogP contribution in [0, 0.1) is 11.8 Å². The van der Waals surface area contributed by atoms with Crippen molar-refractivity contribution in [1.29, 1.82) is 0 Å². The van der Waals surface area contributed by atoms with E-state index in [9.17, 15) is 0 Å². The Kier molecular flexibility index (Phi) is 3.17. The van der Waals surface area contributed by atoms with Crippen molar-refractivity contribution in [1.82, 2.24) is 0 Å². The summed E-state index contributed by atoms with van der Waals surface area (Å²) >= 11 is 8.61. The average molecular weight is 253 g/mol. The van der Waals surface area contributed by atoms with Crippen LogP contribution in [0.15, 0.2) is 35.2 Å². The van der Waals surface area contributed by atoms with Gasteiger partial charge in [0, 0.05) is 15.5 Å². The van der Waals surface area contributed by atoms with Gasteiger partial charge in [0.25, 0.3) is 0 Å². The molecular weight excluding hydrogens is 236 g/mol. The van der Waals surface area contributed by atoms with E-state index in [0.717, 1.165) is 11.8 Å². The Balaban J connectivity index is 1.75. The number of alkyl halides is 1. The van der Waals surface area contributed by atoms with Gasteiger partial charge in [0.2, 0.25) is 0 Å². The first-order valence-electron chi connectivity index (χ1n) is 6.20. The summed E-state index contributed by atoms with van der Waals surface area (Å²) in [5, 5.41) is 1.05. The number of thioether (sulfide) groups is 1. The summed E-state index contributed by atoms with van der Waals surface area (Å²) in [6.45, 7) is 0. The Hall–Kier alpha value is -0.140. The molecule has 0 heterocycles. The van der Waals surface area contributed by atoms with Gasteiger partial charge in [0.05, 0.1) is 0 Å². The van der Waals surface area contributed by atoms with Crippen LogP contribution in [0.5, 0.6) is 0 Å². The first-order valence-corrected chi connectivity index (χ1v) is 7.52. The maximum atomic E-state index is 6.61. The van der Waals surface area contributed by atoms with Gasteiger partial charge in [-0.2, -0.15) is 0 Å². The van der Waals surface area contributed by atoms with Crippen LogP contribution in [0.4, 0.5) is 0 Å². The summed E-state index contributed by atoms with van der Waals surface area (Å²) in [6.07, 6.45) is 5.53. The second-order valence-electron chi connectivity index (χ2n) is 5.01. The second kappa shape index (κ2) is 4.62. The molecule has 16 heavy (non-hydrogen) atoms. The minimum atomic E-state index is 0.401. The molecule has 0 amide bonds. The van der Waals surface area contributed by atoms with Gasteiger partial charge in [-0.1, -0.05) is 18.2 Å². The Bertz CT molecular complexity index is 341. The summed E-state index contributed by atoms with van der Waals surface area (Å²) in [4.78, 5) is 1.38. The minimum absolute atomic E-state index is 0.401. The number of hydrogen-bond acceptors (Lipinski definition) is 1. The third-order valence-electron chi connectivity index (χ3n) is 4.06. The lowest BCUT2D eigenvalue weighted by Gasteiger charge is -2.45. The molecule has 0 N–H and O–H groups in total. The third-order valence-corrected chi connectivity index (χ3v) is 6.33. The zero-order valence-corrected chi connectivity index (χ0v) is 10.9. The number of hydrogen-bond donors (Lipinski definition) is 0. The maximum absolute atomic E-state index is 6.61. The Morgan fingerprint density at radius 1 is 0.938 bits per heavy atom. The minimum Gasteiger partial charge on any atom is -0.121 e. The van der Waals surface area contributed by atoms with Crippen molar-refractivity contribution in [2.24, 2.45) is 11.8 Å². The normalized spacial score (nSPS) is 37.6. The molecule has 0 aromatic heterocycles. The van der Waals surface area contributed by atoms with Crippen LogP contribution < -0.4 is 0 Å². The predicted octanol–water partition coefficient (Wildman–Crippen LogP) is 4.57. The van der Waals surface area contributed by atoms with Gasteiger partial charge >= 0.3 is 0 Å². The number of halogens is 1. The van der Waals surface area contributed by atoms with E-state index in [1.54, 1.807) is 0 Å². The summed E-state index contributed by atoms with van der Waals surface area (Å²) in [7, 11) is 0. The van der Waals surface area contributed by atoms with Crippen LogP contribution in [0.3, 0.4) is 0 Å². The lowest BCUT2D eigenvalue weighted by atomic mass is 9.70. The van der Waals surface area contributed by atoms with Gasteiger partial charge in [-0.3, -0.25) is 0 Å². The molecule has 3 aliphatic rings. The largest absolute Gasteiger partial charge is 0.121 e. The molecule has 2 heteroatoms. The highest BCUT2D eigenvalue weighted by Gasteiger charge is 2.42. The molecule has 0 spiro atoms. The highest BCUT2D eigenvalue weighted by atomic mass is 35.5. The summed E-state index contributed by atoms with van der Waals surface area (Å²) in [6, 6.07) is 10.7. The third kappa shape index (κ3) is 2.00. The SMILES string of the molecule is Cl[C@@H]1C2CCC(CC2)[C@H]1Sc1ccccc1. The van der Waals surface area contributed by atoms with Gasteiger partial charge in [-0.15, -0.1) is 23.4 Å². The molecule has 86 valence electrons. The van der Waals surface area contributed by atoms with Crippen LogP contribution >= 0.6 is 23.4 Å². The molecule has 0 unspecified atom stereocenters. The standard InChI is InChI=1S/C14H17ClS/c15-13-10-6-8-11(9-7-10)14(13)16-12-4-2-1-3-5-12/h1-5,10-11,13-14H,6-9H2/t10?,11?,13-,14-/m1/s1. The highest BCUT2D eigenvalue weighted by molar-refractivity contribution is 8.00. The molecule has 4 rings (SSSR count). The van der Waals surface area contributed by atoms with Crippen molar-refractivity contribution in [3.8, 4) is 0 Å². The van der Waals surface area contributed by atoms with Gasteiger partial charge < -0.3 is 0 Å². The van der Waals surface area contributed by atoms with E-state index in [2.05, 4.69) is 30.3 Å². The second-order valence-corrected chi connectivity index (χ2v) is 6.77. The van der Waals surface area contributed by atoms with Crippen LogP contribution in [0.1, 0.15) is 25.7 Å². The fraction of sp³-hybridized carbons (Fsp3) is 0.571. The van der Waals surface area contributed by atoms with Gasteiger partial charge in [-0.25, -0.2) is 0 Å². The lowest BCUT2D eigenvalue weighted by molar-refractivity contribution is 0.190. The van der Waals surface area contributed by atoms with Crippen molar-refractivity contribution >= 4 is 23.4 Å². The molecule has 0 nitrogen and oxygen atoms in total. The number of benzene rings is 1. The first kappa shape index (κ1) is 11.0. The van der Waals surface area contributed by atoms with Crippen LogP contribution in [-0.2, 0) is 0 Å². The lowest BCUT2D eigenvalue weighted by Crippen LogP contribution is -2.43.